The number of pyridine rings is 1. The third kappa shape index (κ3) is 3.55. The van der Waals surface area contributed by atoms with E-state index in [1.807, 2.05) is 30.3 Å². The lowest BCUT2D eigenvalue weighted by molar-refractivity contribution is -0.672. The highest BCUT2D eigenvalue weighted by Gasteiger charge is 2.28. The van der Waals surface area contributed by atoms with Gasteiger partial charge in [0.25, 0.3) is 11.8 Å². The number of benzene rings is 3. The number of aromatic nitrogens is 1. The van der Waals surface area contributed by atoms with Crippen LogP contribution in [0.2, 0.25) is 0 Å². The van der Waals surface area contributed by atoms with E-state index in [0.717, 1.165) is 57.7 Å². The van der Waals surface area contributed by atoms with Crippen LogP contribution in [0.15, 0.2) is 60.7 Å². The standard InChI is InChI=1S/C27H26N4O3/c1-32-23-12-17-9-10-31-22(19(17)14-20(23)16-7-5-4-6-8-16)11-18-13-24(33-2)25(34-3)15-21(18)26(31)30-27(28)29/h4-8,11-15H,9-10H2,1-3H3,(H3,28,29)/p+1. The van der Waals surface area contributed by atoms with E-state index >= 15 is 0 Å². The highest BCUT2D eigenvalue weighted by atomic mass is 16.5. The second-order valence-electron chi connectivity index (χ2n) is 8.19. The van der Waals surface area contributed by atoms with E-state index in [4.69, 9.17) is 25.4 Å². The molecule has 0 amide bonds. The van der Waals surface area contributed by atoms with Crippen molar-refractivity contribution < 1.29 is 18.8 Å². The van der Waals surface area contributed by atoms with E-state index < -0.39 is 0 Å². The third-order valence-electron chi connectivity index (χ3n) is 6.31. The number of guanidine groups is 1. The van der Waals surface area contributed by atoms with Crippen LogP contribution in [0.5, 0.6) is 17.2 Å². The van der Waals surface area contributed by atoms with Crippen molar-refractivity contribution in [2.24, 2.45) is 5.73 Å². The molecule has 1 aliphatic heterocycles. The number of ether oxygens (including phenoxy) is 3. The Bertz CT molecular complexity index is 1420. The number of nitrogens with two attached hydrogens (primary N) is 1. The minimum absolute atomic E-state index is 0.123. The zero-order valence-corrected chi connectivity index (χ0v) is 19.4. The molecule has 0 fully saturated rings. The number of hydrogen-bond donors (Lipinski definition) is 3. The van der Waals surface area contributed by atoms with E-state index in [1.54, 1.807) is 21.3 Å². The first-order valence-corrected chi connectivity index (χ1v) is 11.0. The largest absolute Gasteiger partial charge is 0.496 e. The number of hydrogen-bond acceptors (Lipinski definition) is 4. The Kier molecular flexibility index (Phi) is 5.45. The Hall–Kier alpha value is -4.26. The summed E-state index contributed by atoms with van der Waals surface area (Å²) >= 11 is 0. The maximum atomic E-state index is 7.93. The van der Waals surface area contributed by atoms with Gasteiger partial charge >= 0.3 is 0 Å². The average Bonchev–Trinajstić information content (AvgIpc) is 2.87. The molecule has 0 radical (unpaired) electrons. The van der Waals surface area contributed by atoms with Gasteiger partial charge in [0.05, 0.1) is 33.3 Å². The molecule has 0 saturated heterocycles. The van der Waals surface area contributed by atoms with E-state index in [1.165, 1.54) is 5.56 Å². The highest BCUT2D eigenvalue weighted by molar-refractivity contribution is 6.01. The third-order valence-corrected chi connectivity index (χ3v) is 6.31. The van der Waals surface area contributed by atoms with Crippen LogP contribution in [0.25, 0.3) is 33.2 Å². The van der Waals surface area contributed by atoms with Gasteiger partial charge in [-0.25, -0.2) is 15.3 Å². The molecule has 0 spiro atoms. The van der Waals surface area contributed by atoms with Crippen molar-refractivity contribution >= 4 is 22.5 Å². The maximum absolute atomic E-state index is 7.93. The van der Waals surface area contributed by atoms with Gasteiger partial charge in [-0.05, 0) is 40.8 Å². The fraction of sp³-hybridized carbons (Fsp3) is 0.185. The molecule has 4 aromatic rings. The number of anilines is 1. The van der Waals surface area contributed by atoms with Crippen molar-refractivity contribution in [1.29, 1.82) is 5.41 Å². The summed E-state index contributed by atoms with van der Waals surface area (Å²) in [6.07, 6.45) is 0.823. The number of rotatable bonds is 5. The fourth-order valence-corrected chi connectivity index (χ4v) is 4.74. The first-order valence-electron chi connectivity index (χ1n) is 11.0. The van der Waals surface area contributed by atoms with Crippen molar-refractivity contribution in [3.8, 4) is 39.6 Å². The van der Waals surface area contributed by atoms with Gasteiger partial charge in [-0.3, -0.25) is 0 Å². The molecule has 0 aliphatic carbocycles. The van der Waals surface area contributed by atoms with E-state index in [9.17, 15) is 0 Å². The Balaban J connectivity index is 1.81. The van der Waals surface area contributed by atoms with Gasteiger partial charge in [0.15, 0.2) is 11.5 Å². The zero-order valence-electron chi connectivity index (χ0n) is 19.4. The summed E-state index contributed by atoms with van der Waals surface area (Å²) in [5.74, 6) is 2.75. The van der Waals surface area contributed by atoms with Gasteiger partial charge in [0.2, 0.25) is 0 Å². The molecule has 1 aromatic heterocycles. The first kappa shape index (κ1) is 21.6. The Morgan fingerprint density at radius 3 is 2.26 bits per heavy atom. The molecular weight excluding hydrogens is 428 g/mol. The zero-order chi connectivity index (χ0) is 23.8. The first-order chi connectivity index (χ1) is 16.5. The maximum Gasteiger partial charge on any atom is 0.290 e. The van der Waals surface area contributed by atoms with Crippen molar-refractivity contribution in [3.63, 3.8) is 0 Å². The van der Waals surface area contributed by atoms with Crippen LogP contribution >= 0.6 is 0 Å². The molecule has 0 saturated carbocycles. The van der Waals surface area contributed by atoms with Crippen LogP contribution in [0.3, 0.4) is 0 Å². The number of aryl methyl sites for hydroxylation is 1. The molecule has 7 heteroatoms. The van der Waals surface area contributed by atoms with Gasteiger partial charge in [0.1, 0.15) is 11.4 Å². The van der Waals surface area contributed by atoms with Gasteiger partial charge < -0.3 is 19.9 Å². The van der Waals surface area contributed by atoms with Crippen molar-refractivity contribution in [3.05, 3.63) is 66.2 Å². The molecule has 3 aromatic carbocycles. The summed E-state index contributed by atoms with van der Waals surface area (Å²) in [5, 5.41) is 12.8. The summed E-state index contributed by atoms with van der Waals surface area (Å²) in [5.41, 5.74) is 11.3. The molecule has 1 aliphatic rings. The molecule has 34 heavy (non-hydrogen) atoms. The van der Waals surface area contributed by atoms with E-state index in [-0.39, 0.29) is 5.96 Å². The monoisotopic (exact) mass is 455 g/mol. The summed E-state index contributed by atoms with van der Waals surface area (Å²) in [7, 11) is 4.95. The van der Waals surface area contributed by atoms with Crippen LogP contribution in [0, 0.1) is 5.41 Å². The predicted molar refractivity (Wildman–Crippen MR) is 134 cm³/mol. The fourth-order valence-electron chi connectivity index (χ4n) is 4.74. The highest BCUT2D eigenvalue weighted by Crippen LogP contribution is 2.41. The van der Waals surface area contributed by atoms with Crippen LogP contribution in [-0.4, -0.2) is 27.3 Å². The second-order valence-corrected chi connectivity index (χ2v) is 8.19. The number of fused-ring (bicyclic) bond motifs is 4. The van der Waals surface area contributed by atoms with Crippen LogP contribution < -0.4 is 29.8 Å². The van der Waals surface area contributed by atoms with Gasteiger partial charge in [0, 0.05) is 23.6 Å². The van der Waals surface area contributed by atoms with Crippen LogP contribution in [-0.2, 0) is 13.0 Å². The van der Waals surface area contributed by atoms with Crippen molar-refractivity contribution in [1.82, 2.24) is 0 Å². The normalized spacial score (nSPS) is 12.0. The molecule has 172 valence electrons. The van der Waals surface area contributed by atoms with Gasteiger partial charge in [-0.1, -0.05) is 30.3 Å². The molecule has 7 nitrogen and oxygen atoms in total. The lowest BCUT2D eigenvalue weighted by Crippen LogP contribution is -2.44. The molecule has 4 N–H and O–H groups in total. The lowest BCUT2D eigenvalue weighted by atomic mass is 9.91. The molecule has 0 bridgehead atoms. The lowest BCUT2D eigenvalue weighted by Gasteiger charge is -2.23. The van der Waals surface area contributed by atoms with Gasteiger partial charge in [-0.15, -0.1) is 0 Å². The Labute approximate surface area is 198 Å². The number of nitrogens with zero attached hydrogens (tertiary/aromatic N) is 1. The molecular formula is C27H27N4O3+. The summed E-state index contributed by atoms with van der Waals surface area (Å²) in [6, 6.07) is 20.6. The topological polar surface area (TPSA) is 93.5 Å². The summed E-state index contributed by atoms with van der Waals surface area (Å²) in [4.78, 5) is 0. The molecule has 0 atom stereocenters. The summed E-state index contributed by atoms with van der Waals surface area (Å²) in [6.45, 7) is 0.732. The Morgan fingerprint density at radius 1 is 0.882 bits per heavy atom. The SMILES string of the molecule is COc1cc2cc3[n+](c(NC(=N)N)c2cc1OC)CCc1cc(OC)c(-c2ccccc2)cc1-3. The molecule has 0 unspecified atom stereocenters. The number of methoxy groups -OCH3 is 3. The van der Waals surface area contributed by atoms with Crippen molar-refractivity contribution in [2.75, 3.05) is 26.6 Å². The summed E-state index contributed by atoms with van der Waals surface area (Å²) < 4.78 is 19.0. The van der Waals surface area contributed by atoms with Crippen molar-refractivity contribution in [2.45, 2.75) is 13.0 Å². The molecule has 2 heterocycles. The minimum Gasteiger partial charge on any atom is -0.496 e. The van der Waals surface area contributed by atoms with Gasteiger partial charge in [-0.2, -0.15) is 0 Å². The second kappa shape index (κ2) is 8.59. The molecule has 5 rings (SSSR count). The van der Waals surface area contributed by atoms with Crippen LogP contribution in [0.1, 0.15) is 5.56 Å². The van der Waals surface area contributed by atoms with E-state index in [2.05, 4.69) is 40.2 Å². The average molecular weight is 456 g/mol. The smallest absolute Gasteiger partial charge is 0.290 e. The van der Waals surface area contributed by atoms with Crippen LogP contribution in [0.4, 0.5) is 5.82 Å². The minimum atomic E-state index is -0.123. The quantitative estimate of drug-likeness (QED) is 0.236. The Morgan fingerprint density at radius 2 is 1.59 bits per heavy atom. The predicted octanol–water partition coefficient (Wildman–Crippen LogP) is 4.35. The van der Waals surface area contributed by atoms with E-state index in [0.29, 0.717) is 11.5 Å². The number of nitrogens with one attached hydrogen (secondary N) is 2.